The van der Waals surface area contributed by atoms with Gasteiger partial charge in [-0.3, -0.25) is 0 Å². The summed E-state index contributed by atoms with van der Waals surface area (Å²) in [6.07, 6.45) is 1.16. The fourth-order valence-electron chi connectivity index (χ4n) is 1.99. The van der Waals surface area contributed by atoms with Crippen LogP contribution in [-0.4, -0.2) is 28.6 Å². The normalized spacial score (nSPS) is 19.7. The summed E-state index contributed by atoms with van der Waals surface area (Å²) in [5.74, 6) is 2.49. The molecular weight excluding hydrogens is 287 g/mol. The second kappa shape index (κ2) is 5.89. The van der Waals surface area contributed by atoms with E-state index in [-0.39, 0.29) is 0 Å². The number of hydrogen-bond donors (Lipinski definition) is 0. The second-order valence-electron chi connectivity index (χ2n) is 5.08. The van der Waals surface area contributed by atoms with Gasteiger partial charge in [0.1, 0.15) is 5.82 Å². The van der Waals surface area contributed by atoms with E-state index in [1.54, 1.807) is 0 Å². The molecule has 1 aliphatic heterocycles. The maximum atomic E-state index is 6.04. The third-order valence-corrected chi connectivity index (χ3v) is 5.16. The van der Waals surface area contributed by atoms with Gasteiger partial charge in [-0.15, -0.1) is 11.6 Å². The van der Waals surface area contributed by atoms with Crippen LogP contribution in [0.5, 0.6) is 0 Å². The van der Waals surface area contributed by atoms with E-state index in [1.807, 2.05) is 23.9 Å². The number of thioether (sulfide) groups is 1. The van der Waals surface area contributed by atoms with Crippen LogP contribution in [0.2, 0.25) is 5.02 Å². The average Bonchev–Trinajstić information content (AvgIpc) is 2.51. The highest BCUT2D eigenvalue weighted by molar-refractivity contribution is 8.00. The zero-order valence-corrected chi connectivity index (χ0v) is 13.1. The number of halogens is 2. The van der Waals surface area contributed by atoms with Gasteiger partial charge in [0, 0.05) is 23.6 Å². The van der Waals surface area contributed by atoms with Crippen molar-refractivity contribution in [2.24, 2.45) is 0 Å². The Kier molecular flexibility index (Phi) is 4.68. The minimum atomic E-state index is 0.358. The summed E-state index contributed by atoms with van der Waals surface area (Å²) in [7, 11) is 0. The maximum Gasteiger partial charge on any atom is 0.128 e. The smallest absolute Gasteiger partial charge is 0.128 e. The first-order valence-corrected chi connectivity index (χ1v) is 8.02. The van der Waals surface area contributed by atoms with Crippen LogP contribution in [0.1, 0.15) is 26.0 Å². The molecule has 2 heterocycles. The van der Waals surface area contributed by atoms with Crippen molar-refractivity contribution in [1.82, 2.24) is 4.98 Å². The fraction of sp³-hybridized carbons (Fsp3) is 0.615. The first-order valence-electron chi connectivity index (χ1n) is 6.12. The van der Waals surface area contributed by atoms with Gasteiger partial charge in [0.05, 0.1) is 16.6 Å². The minimum Gasteiger partial charge on any atom is -0.356 e. The lowest BCUT2D eigenvalue weighted by molar-refractivity contribution is 0.635. The predicted molar refractivity (Wildman–Crippen MR) is 82.2 cm³/mol. The highest BCUT2D eigenvalue weighted by Crippen LogP contribution is 2.32. The van der Waals surface area contributed by atoms with E-state index in [9.17, 15) is 0 Å². The summed E-state index contributed by atoms with van der Waals surface area (Å²) >= 11 is 13.9. The number of alkyl halides is 1. The van der Waals surface area contributed by atoms with E-state index >= 15 is 0 Å². The molecule has 1 aliphatic rings. The molecule has 1 saturated heterocycles. The van der Waals surface area contributed by atoms with Gasteiger partial charge in [0.2, 0.25) is 0 Å². The average molecular weight is 305 g/mol. The lowest BCUT2D eigenvalue weighted by Gasteiger charge is -2.23. The summed E-state index contributed by atoms with van der Waals surface area (Å²) in [4.78, 5) is 6.88. The minimum absolute atomic E-state index is 0.358. The summed E-state index contributed by atoms with van der Waals surface area (Å²) in [6, 6.07) is 3.88. The van der Waals surface area contributed by atoms with Crippen molar-refractivity contribution in [3.8, 4) is 0 Å². The molecule has 1 aromatic rings. The summed E-state index contributed by atoms with van der Waals surface area (Å²) in [5.41, 5.74) is 0.770. The summed E-state index contributed by atoms with van der Waals surface area (Å²) in [5, 5.41) is 0.651. The quantitative estimate of drug-likeness (QED) is 0.762. The van der Waals surface area contributed by atoms with E-state index in [0.717, 1.165) is 36.8 Å². The Hall–Kier alpha value is -0.120. The largest absolute Gasteiger partial charge is 0.356 e. The van der Waals surface area contributed by atoms with Gasteiger partial charge >= 0.3 is 0 Å². The fourth-order valence-corrected chi connectivity index (χ4v) is 3.54. The Balaban J connectivity index is 2.16. The van der Waals surface area contributed by atoms with Gasteiger partial charge in [-0.05, 0) is 18.6 Å². The number of nitrogens with zero attached hydrogens (tertiary/aromatic N) is 2. The molecule has 2 rings (SSSR count). The van der Waals surface area contributed by atoms with Crippen molar-refractivity contribution < 1.29 is 0 Å². The van der Waals surface area contributed by atoms with Crippen LogP contribution in [0.15, 0.2) is 12.1 Å². The lowest BCUT2D eigenvalue weighted by atomic mass is 10.1. The molecule has 2 nitrogen and oxygen atoms in total. The van der Waals surface area contributed by atoms with E-state index in [1.165, 1.54) is 0 Å². The van der Waals surface area contributed by atoms with Crippen LogP contribution in [0, 0.1) is 0 Å². The van der Waals surface area contributed by atoms with Crippen molar-refractivity contribution in [3.63, 3.8) is 0 Å². The monoisotopic (exact) mass is 304 g/mol. The molecule has 100 valence electrons. The van der Waals surface area contributed by atoms with Crippen molar-refractivity contribution >= 4 is 40.8 Å². The molecule has 0 aromatic carbocycles. The molecule has 0 unspecified atom stereocenters. The molecule has 0 amide bonds. The Bertz CT molecular complexity index is 423. The highest BCUT2D eigenvalue weighted by Gasteiger charge is 2.24. The topological polar surface area (TPSA) is 16.1 Å². The van der Waals surface area contributed by atoms with Gasteiger partial charge in [-0.25, -0.2) is 4.98 Å². The number of hydrogen-bond acceptors (Lipinski definition) is 3. The van der Waals surface area contributed by atoms with Crippen molar-refractivity contribution in [1.29, 1.82) is 0 Å². The molecule has 0 bridgehead atoms. The third kappa shape index (κ3) is 3.46. The standard InChI is InChI=1S/C13H18Cl2N2S/c1-13(2)5-6-17(7-8-18-13)12-4-3-10(15)11(9-14)16-12/h3-4H,5-9H2,1-2H3. The lowest BCUT2D eigenvalue weighted by Crippen LogP contribution is -2.27. The zero-order valence-electron chi connectivity index (χ0n) is 10.7. The first kappa shape index (κ1) is 14.3. The first-order chi connectivity index (χ1) is 8.52. The molecular formula is C13H18Cl2N2S. The predicted octanol–water partition coefficient (Wildman–Crippen LogP) is 4.20. The van der Waals surface area contributed by atoms with Gasteiger partial charge in [-0.1, -0.05) is 25.4 Å². The van der Waals surface area contributed by atoms with Crippen LogP contribution in [0.3, 0.4) is 0 Å². The number of aromatic nitrogens is 1. The summed E-state index contributed by atoms with van der Waals surface area (Å²) < 4.78 is 0.358. The molecule has 5 heteroatoms. The molecule has 0 aliphatic carbocycles. The van der Waals surface area contributed by atoms with Gasteiger partial charge in [0.25, 0.3) is 0 Å². The Morgan fingerprint density at radius 3 is 2.89 bits per heavy atom. The Labute approximate surface area is 123 Å². The summed E-state index contributed by atoms with van der Waals surface area (Å²) in [6.45, 7) is 6.68. The maximum absolute atomic E-state index is 6.04. The molecule has 0 saturated carbocycles. The van der Waals surface area contributed by atoms with Crippen LogP contribution < -0.4 is 4.90 Å². The molecule has 0 atom stereocenters. The van der Waals surface area contributed by atoms with Crippen LogP contribution in [0.25, 0.3) is 0 Å². The zero-order chi connectivity index (χ0) is 13.2. The van der Waals surface area contributed by atoms with Gasteiger partial charge < -0.3 is 4.90 Å². The van der Waals surface area contributed by atoms with Crippen molar-refractivity contribution in [2.45, 2.75) is 30.9 Å². The van der Waals surface area contributed by atoms with E-state index < -0.39 is 0 Å². The van der Waals surface area contributed by atoms with Gasteiger partial charge in [0.15, 0.2) is 0 Å². The van der Waals surface area contributed by atoms with E-state index in [2.05, 4.69) is 23.7 Å². The molecule has 18 heavy (non-hydrogen) atoms. The van der Waals surface area contributed by atoms with Crippen LogP contribution in [0.4, 0.5) is 5.82 Å². The van der Waals surface area contributed by atoms with Crippen LogP contribution >= 0.6 is 35.0 Å². The Morgan fingerprint density at radius 2 is 2.17 bits per heavy atom. The van der Waals surface area contributed by atoms with Crippen molar-refractivity contribution in [2.75, 3.05) is 23.7 Å². The number of rotatable bonds is 2. The second-order valence-corrected chi connectivity index (χ2v) is 7.55. The molecule has 0 N–H and O–H groups in total. The van der Waals surface area contributed by atoms with Gasteiger partial charge in [-0.2, -0.15) is 11.8 Å². The van der Waals surface area contributed by atoms with Crippen LogP contribution in [-0.2, 0) is 5.88 Å². The highest BCUT2D eigenvalue weighted by atomic mass is 35.5. The molecule has 0 radical (unpaired) electrons. The SMILES string of the molecule is CC1(C)CCN(c2ccc(Cl)c(CCl)n2)CCS1. The van der Waals surface area contributed by atoms with E-state index in [0.29, 0.717) is 15.6 Å². The number of anilines is 1. The van der Waals surface area contributed by atoms with Crippen molar-refractivity contribution in [3.05, 3.63) is 22.8 Å². The third-order valence-electron chi connectivity index (χ3n) is 3.19. The van der Waals surface area contributed by atoms with E-state index in [4.69, 9.17) is 23.2 Å². The molecule has 0 spiro atoms. The molecule has 1 fully saturated rings. The Morgan fingerprint density at radius 1 is 1.39 bits per heavy atom. The molecule has 1 aromatic heterocycles. The number of pyridine rings is 1.